The van der Waals surface area contributed by atoms with Gasteiger partial charge in [0.15, 0.2) is 0 Å². The lowest BCUT2D eigenvalue weighted by Crippen LogP contribution is -2.40. The van der Waals surface area contributed by atoms with Crippen molar-refractivity contribution in [2.24, 2.45) is 5.92 Å². The Morgan fingerprint density at radius 1 is 1.33 bits per heavy atom. The first kappa shape index (κ1) is 15.1. The van der Waals surface area contributed by atoms with E-state index in [0.717, 1.165) is 24.9 Å². The Balaban J connectivity index is 1.78. The van der Waals surface area contributed by atoms with Crippen molar-refractivity contribution >= 4 is 11.6 Å². The Kier molecular flexibility index (Phi) is 4.72. The third-order valence-electron chi connectivity index (χ3n) is 4.77. The van der Waals surface area contributed by atoms with Gasteiger partial charge in [-0.25, -0.2) is 0 Å². The third kappa shape index (κ3) is 3.53. The van der Waals surface area contributed by atoms with Gasteiger partial charge in [-0.3, -0.25) is 4.90 Å². The molecule has 0 amide bonds. The zero-order valence-corrected chi connectivity index (χ0v) is 13.7. The van der Waals surface area contributed by atoms with Gasteiger partial charge in [0.25, 0.3) is 0 Å². The van der Waals surface area contributed by atoms with Crippen molar-refractivity contribution in [3.8, 4) is 5.75 Å². The largest absolute Gasteiger partial charge is 0.495 e. The summed E-state index contributed by atoms with van der Waals surface area (Å²) in [4.78, 5) is 2.47. The topological polar surface area (TPSA) is 24.5 Å². The second kappa shape index (κ2) is 6.55. The van der Waals surface area contributed by atoms with Crippen LogP contribution < -0.4 is 10.1 Å². The van der Waals surface area contributed by atoms with E-state index in [9.17, 15) is 0 Å². The Labute approximate surface area is 132 Å². The first-order valence-corrected chi connectivity index (χ1v) is 8.34. The van der Waals surface area contributed by atoms with E-state index < -0.39 is 0 Å². The van der Waals surface area contributed by atoms with Crippen LogP contribution in [0, 0.1) is 5.92 Å². The van der Waals surface area contributed by atoms with Crippen molar-refractivity contribution in [1.29, 1.82) is 0 Å². The van der Waals surface area contributed by atoms with Gasteiger partial charge in [0.05, 0.1) is 12.1 Å². The van der Waals surface area contributed by atoms with E-state index in [2.05, 4.69) is 29.4 Å². The van der Waals surface area contributed by atoms with E-state index in [1.165, 1.54) is 31.2 Å². The first-order valence-electron chi connectivity index (χ1n) is 7.96. The van der Waals surface area contributed by atoms with Crippen LogP contribution in [-0.4, -0.2) is 38.2 Å². The van der Waals surface area contributed by atoms with Crippen molar-refractivity contribution < 1.29 is 4.74 Å². The highest BCUT2D eigenvalue weighted by molar-refractivity contribution is 6.32. The second-order valence-corrected chi connectivity index (χ2v) is 6.81. The van der Waals surface area contributed by atoms with Crippen molar-refractivity contribution in [3.05, 3.63) is 28.8 Å². The molecule has 1 aromatic rings. The van der Waals surface area contributed by atoms with Crippen LogP contribution in [0.2, 0.25) is 5.02 Å². The maximum absolute atomic E-state index is 6.32. The molecule has 1 aliphatic heterocycles. The number of nitrogens with zero attached hydrogens (tertiary/aromatic N) is 1. The molecule has 2 unspecified atom stereocenters. The molecule has 3 nitrogen and oxygen atoms in total. The lowest BCUT2D eigenvalue weighted by Gasteiger charge is -2.40. The lowest BCUT2D eigenvalue weighted by molar-refractivity contribution is 0.119. The molecular weight excluding hydrogens is 284 g/mol. The van der Waals surface area contributed by atoms with Crippen molar-refractivity contribution in [3.63, 3.8) is 0 Å². The average Bonchev–Trinajstić information content (AvgIpc) is 3.29. The number of likely N-dealkylation sites (tertiary alicyclic amines) is 1. The molecule has 2 atom stereocenters. The van der Waals surface area contributed by atoms with E-state index in [1.807, 2.05) is 6.07 Å². The molecule has 1 aromatic carbocycles. The summed E-state index contributed by atoms with van der Waals surface area (Å²) < 4.78 is 5.27. The minimum Gasteiger partial charge on any atom is -0.495 e. The highest BCUT2D eigenvalue weighted by Gasteiger charge is 2.32. The van der Waals surface area contributed by atoms with Crippen LogP contribution >= 0.6 is 11.6 Å². The summed E-state index contributed by atoms with van der Waals surface area (Å²) in [5, 5.41) is 4.41. The van der Waals surface area contributed by atoms with Crippen molar-refractivity contribution in [1.82, 2.24) is 10.2 Å². The minimum atomic E-state index is 0.452. The Morgan fingerprint density at radius 2 is 2.14 bits per heavy atom. The van der Waals surface area contributed by atoms with Crippen LogP contribution in [-0.2, 0) is 0 Å². The van der Waals surface area contributed by atoms with E-state index in [0.29, 0.717) is 17.0 Å². The van der Waals surface area contributed by atoms with Crippen LogP contribution in [0.15, 0.2) is 18.2 Å². The normalized spacial score (nSPS) is 26.8. The number of ether oxygens (including phenoxy) is 1. The summed E-state index contributed by atoms with van der Waals surface area (Å²) in [6.07, 6.45) is 5.27. The summed E-state index contributed by atoms with van der Waals surface area (Å²) in [5.74, 6) is 1.42. The Morgan fingerprint density at radius 3 is 2.81 bits per heavy atom. The van der Waals surface area contributed by atoms with Crippen LogP contribution in [0.25, 0.3) is 0 Å². The van der Waals surface area contributed by atoms with Gasteiger partial charge in [-0.05, 0) is 62.9 Å². The van der Waals surface area contributed by atoms with E-state index in [1.54, 1.807) is 7.11 Å². The predicted molar refractivity (Wildman–Crippen MR) is 87.1 cm³/mol. The highest BCUT2D eigenvalue weighted by atomic mass is 35.5. The van der Waals surface area contributed by atoms with Crippen molar-refractivity contribution in [2.75, 3.05) is 27.2 Å². The molecular formula is C17H25ClN2O. The highest BCUT2D eigenvalue weighted by Crippen LogP contribution is 2.38. The standard InChI is InChI=1S/C17H25ClN2O/c1-20-9-3-4-13(11-19-14-6-7-14)17(20)12-5-8-16(21-2)15(18)10-12/h5,8,10,13-14,17,19H,3-4,6-7,9,11H2,1-2H3. The predicted octanol–water partition coefficient (Wildman–Crippen LogP) is 3.48. The lowest BCUT2D eigenvalue weighted by atomic mass is 9.85. The fourth-order valence-electron chi connectivity index (χ4n) is 3.47. The molecule has 2 aliphatic rings. The molecule has 1 aliphatic carbocycles. The molecule has 4 heteroatoms. The number of hydrogen-bond donors (Lipinski definition) is 1. The summed E-state index contributed by atoms with van der Waals surface area (Å²) in [7, 11) is 3.89. The maximum atomic E-state index is 6.32. The second-order valence-electron chi connectivity index (χ2n) is 6.40. The minimum absolute atomic E-state index is 0.452. The molecule has 3 rings (SSSR count). The van der Waals surface area contributed by atoms with Gasteiger partial charge >= 0.3 is 0 Å². The number of methoxy groups -OCH3 is 1. The van der Waals surface area contributed by atoms with Gasteiger partial charge in [-0.1, -0.05) is 17.7 Å². The number of piperidine rings is 1. The molecule has 1 N–H and O–H groups in total. The number of rotatable bonds is 5. The number of hydrogen-bond acceptors (Lipinski definition) is 3. The quantitative estimate of drug-likeness (QED) is 0.901. The van der Waals surface area contributed by atoms with Gasteiger partial charge in [0, 0.05) is 18.6 Å². The molecule has 1 heterocycles. The molecule has 1 saturated heterocycles. The van der Waals surface area contributed by atoms with Gasteiger partial charge < -0.3 is 10.1 Å². The molecule has 21 heavy (non-hydrogen) atoms. The molecule has 2 fully saturated rings. The summed E-state index contributed by atoms with van der Waals surface area (Å²) in [5.41, 5.74) is 1.31. The first-order chi connectivity index (χ1) is 10.2. The van der Waals surface area contributed by atoms with Gasteiger partial charge in [-0.2, -0.15) is 0 Å². The van der Waals surface area contributed by atoms with Gasteiger partial charge in [-0.15, -0.1) is 0 Å². The number of halogens is 1. The van der Waals surface area contributed by atoms with Crippen LogP contribution in [0.1, 0.15) is 37.3 Å². The zero-order chi connectivity index (χ0) is 14.8. The van der Waals surface area contributed by atoms with E-state index >= 15 is 0 Å². The van der Waals surface area contributed by atoms with Crippen LogP contribution in [0.3, 0.4) is 0 Å². The summed E-state index contributed by atoms with van der Waals surface area (Å²) >= 11 is 6.32. The Hall–Kier alpha value is -0.770. The molecule has 0 bridgehead atoms. The molecule has 0 aromatic heterocycles. The fraction of sp³-hybridized carbons (Fsp3) is 0.647. The maximum Gasteiger partial charge on any atom is 0.137 e. The van der Waals surface area contributed by atoms with Gasteiger partial charge in [0.2, 0.25) is 0 Å². The monoisotopic (exact) mass is 308 g/mol. The smallest absolute Gasteiger partial charge is 0.137 e. The average molecular weight is 309 g/mol. The SMILES string of the molecule is COc1ccc(C2C(CNC3CC3)CCCN2C)cc1Cl. The molecule has 0 spiro atoms. The van der Waals surface area contributed by atoms with E-state index in [-0.39, 0.29) is 0 Å². The number of benzene rings is 1. The van der Waals surface area contributed by atoms with Crippen LogP contribution in [0.5, 0.6) is 5.75 Å². The Bertz CT molecular complexity index is 490. The molecule has 0 radical (unpaired) electrons. The van der Waals surface area contributed by atoms with Gasteiger partial charge in [0.1, 0.15) is 5.75 Å². The fourth-order valence-corrected chi connectivity index (χ4v) is 3.74. The third-order valence-corrected chi connectivity index (χ3v) is 5.07. The van der Waals surface area contributed by atoms with Crippen LogP contribution in [0.4, 0.5) is 0 Å². The summed E-state index contributed by atoms with van der Waals surface area (Å²) in [6, 6.07) is 7.47. The van der Waals surface area contributed by atoms with E-state index in [4.69, 9.17) is 16.3 Å². The molecule has 1 saturated carbocycles. The summed E-state index contributed by atoms with van der Waals surface area (Å²) in [6.45, 7) is 2.28. The molecule has 116 valence electrons. The zero-order valence-electron chi connectivity index (χ0n) is 12.9. The van der Waals surface area contributed by atoms with Crippen molar-refractivity contribution in [2.45, 2.75) is 37.8 Å². The number of nitrogens with one attached hydrogen (secondary N) is 1.